The fourth-order valence-electron chi connectivity index (χ4n) is 2.09. The Bertz CT molecular complexity index is 559. The van der Waals surface area contributed by atoms with Crippen LogP contribution in [0.5, 0.6) is 11.5 Å². The van der Waals surface area contributed by atoms with Gasteiger partial charge in [-0.3, -0.25) is 4.79 Å². The standard InChI is InChI=1S/C19H22O3/c1-13-5-9-17(10-6-13)21-15(3)19(20)16(4)22-18-11-7-14(2)8-12-18/h5-12,15-16H,1-4H3/t15-,16+. The van der Waals surface area contributed by atoms with Gasteiger partial charge in [-0.15, -0.1) is 0 Å². The molecule has 116 valence electrons. The van der Waals surface area contributed by atoms with Gasteiger partial charge in [0, 0.05) is 0 Å². The van der Waals surface area contributed by atoms with Crippen molar-refractivity contribution in [2.24, 2.45) is 0 Å². The van der Waals surface area contributed by atoms with Crippen LogP contribution in [0.3, 0.4) is 0 Å². The van der Waals surface area contributed by atoms with Gasteiger partial charge in [0.05, 0.1) is 0 Å². The molecule has 0 aliphatic rings. The van der Waals surface area contributed by atoms with Gasteiger partial charge in [-0.25, -0.2) is 0 Å². The summed E-state index contributed by atoms with van der Waals surface area (Å²) in [5.74, 6) is 1.30. The first-order chi connectivity index (χ1) is 10.5. The minimum atomic E-state index is -0.553. The Kier molecular flexibility index (Phi) is 5.21. The Morgan fingerprint density at radius 1 is 0.727 bits per heavy atom. The number of ketones is 1. The molecule has 22 heavy (non-hydrogen) atoms. The van der Waals surface area contributed by atoms with Crippen LogP contribution >= 0.6 is 0 Å². The highest BCUT2D eigenvalue weighted by atomic mass is 16.5. The third-order valence-corrected chi connectivity index (χ3v) is 3.47. The second kappa shape index (κ2) is 7.12. The Hall–Kier alpha value is -2.29. The van der Waals surface area contributed by atoms with Gasteiger partial charge in [0.1, 0.15) is 11.5 Å². The Morgan fingerprint density at radius 3 is 1.36 bits per heavy atom. The molecule has 0 radical (unpaired) electrons. The van der Waals surface area contributed by atoms with Crippen LogP contribution in [-0.4, -0.2) is 18.0 Å². The van der Waals surface area contributed by atoms with Crippen LogP contribution in [0.1, 0.15) is 25.0 Å². The zero-order chi connectivity index (χ0) is 16.1. The Balaban J connectivity index is 1.94. The molecule has 0 aliphatic heterocycles. The maximum atomic E-state index is 12.3. The number of aryl methyl sites for hydroxylation is 2. The second-order valence-corrected chi connectivity index (χ2v) is 5.55. The van der Waals surface area contributed by atoms with Gasteiger partial charge in [-0.2, -0.15) is 0 Å². The molecular weight excluding hydrogens is 276 g/mol. The molecule has 0 heterocycles. The van der Waals surface area contributed by atoms with Crippen molar-refractivity contribution in [2.45, 2.75) is 39.9 Å². The van der Waals surface area contributed by atoms with E-state index in [1.165, 1.54) is 0 Å². The summed E-state index contributed by atoms with van der Waals surface area (Å²) >= 11 is 0. The Morgan fingerprint density at radius 2 is 1.05 bits per heavy atom. The number of ether oxygens (including phenoxy) is 2. The quantitative estimate of drug-likeness (QED) is 0.805. The molecule has 2 aromatic rings. The van der Waals surface area contributed by atoms with Crippen LogP contribution in [0.25, 0.3) is 0 Å². The average molecular weight is 298 g/mol. The maximum absolute atomic E-state index is 12.3. The first-order valence-electron chi connectivity index (χ1n) is 7.46. The third-order valence-electron chi connectivity index (χ3n) is 3.47. The van der Waals surface area contributed by atoms with Crippen molar-refractivity contribution in [2.75, 3.05) is 0 Å². The monoisotopic (exact) mass is 298 g/mol. The Labute approximate surface area is 131 Å². The molecule has 0 amide bonds. The van der Waals surface area contributed by atoms with Gasteiger partial charge >= 0.3 is 0 Å². The zero-order valence-corrected chi connectivity index (χ0v) is 13.5. The van der Waals surface area contributed by atoms with E-state index in [2.05, 4.69) is 0 Å². The average Bonchev–Trinajstić information content (AvgIpc) is 2.51. The highest BCUT2D eigenvalue weighted by Gasteiger charge is 2.23. The van der Waals surface area contributed by atoms with E-state index in [1.807, 2.05) is 62.4 Å². The number of carbonyl (C=O) groups excluding carboxylic acids is 1. The number of hydrogen-bond acceptors (Lipinski definition) is 3. The van der Waals surface area contributed by atoms with Crippen LogP contribution in [0.4, 0.5) is 0 Å². The van der Waals surface area contributed by atoms with E-state index in [-0.39, 0.29) is 5.78 Å². The van der Waals surface area contributed by atoms with Gasteiger partial charge in [0.15, 0.2) is 12.2 Å². The lowest BCUT2D eigenvalue weighted by atomic mass is 10.1. The van der Waals surface area contributed by atoms with Crippen molar-refractivity contribution in [3.05, 3.63) is 59.7 Å². The van der Waals surface area contributed by atoms with Crippen molar-refractivity contribution in [1.29, 1.82) is 0 Å². The molecule has 0 unspecified atom stereocenters. The minimum absolute atomic E-state index is 0.0823. The van der Waals surface area contributed by atoms with E-state index in [1.54, 1.807) is 13.8 Å². The zero-order valence-electron chi connectivity index (χ0n) is 13.5. The lowest BCUT2D eigenvalue weighted by Gasteiger charge is -2.19. The summed E-state index contributed by atoms with van der Waals surface area (Å²) in [7, 11) is 0. The van der Waals surface area contributed by atoms with Crippen molar-refractivity contribution in [3.63, 3.8) is 0 Å². The predicted octanol–water partition coefficient (Wildman–Crippen LogP) is 4.11. The van der Waals surface area contributed by atoms with E-state index < -0.39 is 12.2 Å². The first-order valence-corrected chi connectivity index (χ1v) is 7.46. The van der Waals surface area contributed by atoms with Crippen molar-refractivity contribution in [3.8, 4) is 11.5 Å². The van der Waals surface area contributed by atoms with E-state index in [4.69, 9.17) is 9.47 Å². The highest BCUT2D eigenvalue weighted by molar-refractivity contribution is 5.87. The largest absolute Gasteiger partial charge is 0.483 e. The van der Waals surface area contributed by atoms with Gasteiger partial charge in [-0.1, -0.05) is 35.4 Å². The van der Waals surface area contributed by atoms with E-state index in [9.17, 15) is 4.79 Å². The SMILES string of the molecule is Cc1ccc(O[C@@H](C)C(=O)[C@@H](C)Oc2ccc(C)cc2)cc1. The molecule has 0 spiro atoms. The molecule has 3 nitrogen and oxygen atoms in total. The fraction of sp³-hybridized carbons (Fsp3) is 0.316. The maximum Gasteiger partial charge on any atom is 0.212 e. The second-order valence-electron chi connectivity index (χ2n) is 5.55. The number of carbonyl (C=O) groups is 1. The molecule has 0 fully saturated rings. The van der Waals surface area contributed by atoms with Crippen LogP contribution in [0, 0.1) is 13.8 Å². The molecule has 0 saturated heterocycles. The van der Waals surface area contributed by atoms with Crippen LogP contribution in [-0.2, 0) is 4.79 Å². The molecule has 0 N–H and O–H groups in total. The number of rotatable bonds is 6. The molecule has 3 heteroatoms. The number of hydrogen-bond donors (Lipinski definition) is 0. The van der Waals surface area contributed by atoms with E-state index in [0.29, 0.717) is 11.5 Å². The highest BCUT2D eigenvalue weighted by Crippen LogP contribution is 2.17. The summed E-state index contributed by atoms with van der Waals surface area (Å²) in [4.78, 5) is 12.3. The predicted molar refractivity (Wildman–Crippen MR) is 87.5 cm³/mol. The summed E-state index contributed by atoms with van der Waals surface area (Å²) in [6.45, 7) is 7.51. The summed E-state index contributed by atoms with van der Waals surface area (Å²) in [6, 6.07) is 15.3. The molecule has 0 aliphatic carbocycles. The molecule has 2 aromatic carbocycles. The molecular formula is C19H22O3. The number of benzene rings is 2. The summed E-state index contributed by atoms with van der Waals surface area (Å²) in [6.07, 6.45) is -1.11. The lowest BCUT2D eigenvalue weighted by molar-refractivity contribution is -0.131. The summed E-state index contributed by atoms with van der Waals surface area (Å²) < 4.78 is 11.4. The fourth-order valence-corrected chi connectivity index (χ4v) is 2.09. The molecule has 2 rings (SSSR count). The van der Waals surface area contributed by atoms with Crippen LogP contribution in [0.15, 0.2) is 48.5 Å². The lowest BCUT2D eigenvalue weighted by Crippen LogP contribution is -2.35. The van der Waals surface area contributed by atoms with Gasteiger partial charge in [0.2, 0.25) is 5.78 Å². The third kappa shape index (κ3) is 4.35. The van der Waals surface area contributed by atoms with E-state index >= 15 is 0 Å². The van der Waals surface area contributed by atoms with E-state index in [0.717, 1.165) is 11.1 Å². The topological polar surface area (TPSA) is 35.5 Å². The van der Waals surface area contributed by atoms with Gasteiger partial charge < -0.3 is 9.47 Å². The minimum Gasteiger partial charge on any atom is -0.483 e. The molecule has 0 aromatic heterocycles. The summed E-state index contributed by atoms with van der Waals surface area (Å²) in [5, 5.41) is 0. The van der Waals surface area contributed by atoms with Crippen LogP contribution in [0.2, 0.25) is 0 Å². The van der Waals surface area contributed by atoms with Gasteiger partial charge in [0.25, 0.3) is 0 Å². The van der Waals surface area contributed by atoms with Gasteiger partial charge in [-0.05, 0) is 52.0 Å². The normalized spacial score (nSPS) is 13.3. The number of Topliss-reactive ketones (excluding diaryl/α,β-unsaturated/α-hetero) is 1. The summed E-state index contributed by atoms with van der Waals surface area (Å²) in [5.41, 5.74) is 2.31. The van der Waals surface area contributed by atoms with Crippen molar-refractivity contribution < 1.29 is 14.3 Å². The van der Waals surface area contributed by atoms with Crippen molar-refractivity contribution >= 4 is 5.78 Å². The molecule has 2 atom stereocenters. The van der Waals surface area contributed by atoms with Crippen molar-refractivity contribution in [1.82, 2.24) is 0 Å². The van der Waals surface area contributed by atoms with Crippen LogP contribution < -0.4 is 9.47 Å². The molecule has 0 saturated carbocycles. The molecule has 0 bridgehead atoms. The smallest absolute Gasteiger partial charge is 0.212 e. The first kappa shape index (κ1) is 16.1.